The molecule has 0 unspecified atom stereocenters. The predicted octanol–water partition coefficient (Wildman–Crippen LogP) is 4.18. The van der Waals surface area contributed by atoms with E-state index in [-0.39, 0.29) is 23.2 Å². The van der Waals surface area contributed by atoms with Gasteiger partial charge in [-0.3, -0.25) is 14.9 Å². The van der Waals surface area contributed by atoms with Crippen molar-refractivity contribution >= 4 is 33.9 Å². The number of nitro groups is 1. The zero-order valence-corrected chi connectivity index (χ0v) is 21.8. The third kappa shape index (κ3) is 5.09. The van der Waals surface area contributed by atoms with E-state index in [0.29, 0.717) is 37.4 Å². The number of esters is 1. The summed E-state index contributed by atoms with van der Waals surface area (Å²) in [6.07, 6.45) is 1.50. The third-order valence-corrected chi connectivity index (χ3v) is 6.57. The number of pyridine rings is 1. The maximum atomic E-state index is 13.3. The van der Waals surface area contributed by atoms with Crippen LogP contribution in [0.3, 0.4) is 0 Å². The molecule has 2 aromatic carbocycles. The monoisotopic (exact) mass is 508 g/mol. The van der Waals surface area contributed by atoms with Crippen LogP contribution in [-0.2, 0) is 10.3 Å². The van der Waals surface area contributed by atoms with Crippen LogP contribution in [0, 0.1) is 10.1 Å². The van der Waals surface area contributed by atoms with Gasteiger partial charge in [-0.15, -0.1) is 0 Å². The largest absolute Gasteiger partial charge is 0.497 e. The molecule has 196 valence electrons. The number of nitro benzene ring substituents is 1. The van der Waals surface area contributed by atoms with E-state index in [1.807, 2.05) is 54.5 Å². The molecule has 1 fully saturated rings. The highest BCUT2D eigenvalue weighted by Crippen LogP contribution is 2.35. The number of ether oxygens (including phenoxy) is 2. The highest BCUT2D eigenvalue weighted by molar-refractivity contribution is 5.96. The van der Waals surface area contributed by atoms with Gasteiger partial charge in [0.25, 0.3) is 5.69 Å². The van der Waals surface area contributed by atoms with Gasteiger partial charge in [0.1, 0.15) is 17.0 Å². The standard InChI is InChI=1S/C27H32N4O6/c1-6-37-26(33)21-17-30(27(2,3)4)22-16-23(24(31(34)35)15-20(22)25(21)32)29-13-11-28(12-14-29)18-7-9-19(36-5)10-8-18/h7-10,15-17H,6,11-14H2,1-5H3. The van der Waals surface area contributed by atoms with Gasteiger partial charge in [-0.2, -0.15) is 0 Å². The van der Waals surface area contributed by atoms with Gasteiger partial charge in [0.05, 0.1) is 29.5 Å². The molecule has 1 aliphatic rings. The number of anilines is 2. The van der Waals surface area contributed by atoms with Crippen LogP contribution in [0.5, 0.6) is 5.75 Å². The first-order valence-electron chi connectivity index (χ1n) is 12.2. The van der Waals surface area contributed by atoms with Crippen molar-refractivity contribution in [2.24, 2.45) is 0 Å². The molecule has 1 saturated heterocycles. The lowest BCUT2D eigenvalue weighted by molar-refractivity contribution is -0.384. The number of benzene rings is 2. The van der Waals surface area contributed by atoms with Crippen LogP contribution >= 0.6 is 0 Å². The average Bonchev–Trinajstić information content (AvgIpc) is 2.87. The summed E-state index contributed by atoms with van der Waals surface area (Å²) >= 11 is 0. The number of hydrogen-bond acceptors (Lipinski definition) is 8. The van der Waals surface area contributed by atoms with Crippen LogP contribution in [-0.4, -0.2) is 55.4 Å². The summed E-state index contributed by atoms with van der Waals surface area (Å²) in [5, 5.41) is 12.2. The van der Waals surface area contributed by atoms with Crippen LogP contribution in [0.25, 0.3) is 10.9 Å². The summed E-state index contributed by atoms with van der Waals surface area (Å²) in [6.45, 7) is 10.1. The van der Waals surface area contributed by atoms with Crippen molar-refractivity contribution in [2.75, 3.05) is 49.7 Å². The van der Waals surface area contributed by atoms with Crippen molar-refractivity contribution in [3.8, 4) is 5.75 Å². The van der Waals surface area contributed by atoms with Gasteiger partial charge in [-0.25, -0.2) is 4.79 Å². The number of aromatic nitrogens is 1. The Morgan fingerprint density at radius 1 is 1.05 bits per heavy atom. The Bertz CT molecular complexity index is 1380. The third-order valence-electron chi connectivity index (χ3n) is 6.57. The average molecular weight is 509 g/mol. The minimum Gasteiger partial charge on any atom is -0.497 e. The van der Waals surface area contributed by atoms with Crippen molar-refractivity contribution in [2.45, 2.75) is 33.2 Å². The molecular weight excluding hydrogens is 476 g/mol. The molecule has 4 rings (SSSR count). The number of carbonyl (C=O) groups is 1. The molecule has 0 spiro atoms. The van der Waals surface area contributed by atoms with Gasteiger partial charge in [0.2, 0.25) is 5.43 Å². The molecule has 0 amide bonds. The Morgan fingerprint density at radius 2 is 1.68 bits per heavy atom. The first kappa shape index (κ1) is 26.0. The fraction of sp³-hybridized carbons (Fsp3) is 0.407. The zero-order chi connectivity index (χ0) is 26.9. The van der Waals surface area contributed by atoms with Gasteiger partial charge < -0.3 is 23.8 Å². The molecular formula is C27H32N4O6. The highest BCUT2D eigenvalue weighted by Gasteiger charge is 2.29. The number of methoxy groups -OCH3 is 1. The maximum Gasteiger partial charge on any atom is 0.343 e. The quantitative estimate of drug-likeness (QED) is 0.277. The molecule has 10 nitrogen and oxygen atoms in total. The number of nitrogens with zero attached hydrogens (tertiary/aromatic N) is 4. The van der Waals surface area contributed by atoms with E-state index in [0.717, 1.165) is 11.4 Å². The molecule has 10 heteroatoms. The fourth-order valence-electron chi connectivity index (χ4n) is 4.66. The number of piperazine rings is 1. The normalized spacial score (nSPS) is 14.1. The Kier molecular flexibility index (Phi) is 7.11. The van der Waals surface area contributed by atoms with E-state index in [1.165, 1.54) is 12.3 Å². The molecule has 0 N–H and O–H groups in total. The van der Waals surface area contributed by atoms with Crippen molar-refractivity contribution in [1.29, 1.82) is 0 Å². The molecule has 0 radical (unpaired) electrons. The first-order valence-corrected chi connectivity index (χ1v) is 12.2. The van der Waals surface area contributed by atoms with Gasteiger partial charge in [-0.05, 0) is 58.0 Å². The lowest BCUT2D eigenvalue weighted by atomic mass is 10.0. The Hall–Kier alpha value is -4.08. The molecule has 37 heavy (non-hydrogen) atoms. The fourth-order valence-corrected chi connectivity index (χ4v) is 4.66. The maximum absolute atomic E-state index is 13.3. The number of fused-ring (bicyclic) bond motifs is 1. The molecule has 0 bridgehead atoms. The van der Waals surface area contributed by atoms with Crippen molar-refractivity contribution < 1.29 is 19.2 Å². The number of hydrogen-bond donors (Lipinski definition) is 0. The van der Waals surface area contributed by atoms with Crippen LogP contribution in [0.4, 0.5) is 17.1 Å². The van der Waals surface area contributed by atoms with Gasteiger partial charge >= 0.3 is 5.97 Å². The van der Waals surface area contributed by atoms with E-state index in [2.05, 4.69) is 4.90 Å². The zero-order valence-electron chi connectivity index (χ0n) is 21.8. The molecule has 1 aliphatic heterocycles. The molecule has 2 heterocycles. The summed E-state index contributed by atoms with van der Waals surface area (Å²) < 4.78 is 12.1. The Balaban J connectivity index is 1.77. The van der Waals surface area contributed by atoms with Crippen LogP contribution < -0.4 is 20.0 Å². The number of carbonyl (C=O) groups excluding carboxylic acids is 1. The molecule has 3 aromatic rings. The Labute approximate surface area is 215 Å². The molecule has 0 aliphatic carbocycles. The van der Waals surface area contributed by atoms with E-state index >= 15 is 0 Å². The lowest BCUT2D eigenvalue weighted by Crippen LogP contribution is -2.46. The number of rotatable bonds is 6. The summed E-state index contributed by atoms with van der Waals surface area (Å²) in [6, 6.07) is 10.8. The minimum absolute atomic E-state index is 0.118. The molecule has 1 aromatic heterocycles. The molecule has 0 atom stereocenters. The second kappa shape index (κ2) is 10.1. The SMILES string of the molecule is CCOC(=O)c1cn(C(C)(C)C)c2cc(N3CCN(c4ccc(OC)cc4)CC3)c([N+](=O)[O-])cc2c1=O. The van der Waals surface area contributed by atoms with Crippen LogP contribution in [0.1, 0.15) is 38.1 Å². The van der Waals surface area contributed by atoms with E-state index in [1.54, 1.807) is 20.1 Å². The van der Waals surface area contributed by atoms with Crippen LogP contribution in [0.15, 0.2) is 47.4 Å². The summed E-state index contributed by atoms with van der Waals surface area (Å²) in [7, 11) is 1.63. The summed E-state index contributed by atoms with van der Waals surface area (Å²) in [4.78, 5) is 41.6. The van der Waals surface area contributed by atoms with Crippen molar-refractivity contribution in [1.82, 2.24) is 4.57 Å². The lowest BCUT2D eigenvalue weighted by Gasteiger charge is -2.37. The predicted molar refractivity (Wildman–Crippen MR) is 143 cm³/mol. The first-order chi connectivity index (χ1) is 17.5. The smallest absolute Gasteiger partial charge is 0.343 e. The van der Waals surface area contributed by atoms with Gasteiger partial charge in [0.15, 0.2) is 0 Å². The van der Waals surface area contributed by atoms with E-state index in [4.69, 9.17) is 9.47 Å². The van der Waals surface area contributed by atoms with Gasteiger partial charge in [-0.1, -0.05) is 0 Å². The second-order valence-corrected chi connectivity index (χ2v) is 9.92. The highest BCUT2D eigenvalue weighted by atomic mass is 16.6. The minimum atomic E-state index is -0.742. The van der Waals surface area contributed by atoms with Crippen molar-refractivity contribution in [3.05, 3.63) is 68.5 Å². The molecule has 0 saturated carbocycles. The van der Waals surface area contributed by atoms with E-state index < -0.39 is 21.9 Å². The topological polar surface area (TPSA) is 107 Å². The van der Waals surface area contributed by atoms with Crippen LogP contribution in [0.2, 0.25) is 0 Å². The second-order valence-electron chi connectivity index (χ2n) is 9.92. The summed E-state index contributed by atoms with van der Waals surface area (Å²) in [5.74, 6) is 0.0407. The van der Waals surface area contributed by atoms with Crippen molar-refractivity contribution in [3.63, 3.8) is 0 Å². The Morgan fingerprint density at radius 3 is 2.22 bits per heavy atom. The van der Waals surface area contributed by atoms with Gasteiger partial charge in [0, 0.05) is 49.7 Å². The summed E-state index contributed by atoms with van der Waals surface area (Å²) in [5.41, 5.74) is 0.656. The van der Waals surface area contributed by atoms with E-state index in [9.17, 15) is 19.7 Å².